The van der Waals surface area contributed by atoms with Crippen LogP contribution in [0.4, 0.5) is 5.69 Å². The molecule has 0 unspecified atom stereocenters. The summed E-state index contributed by atoms with van der Waals surface area (Å²) in [5, 5.41) is 0.915. The lowest BCUT2D eigenvalue weighted by Gasteiger charge is -2.09. The molecule has 3 heteroatoms. The van der Waals surface area contributed by atoms with Gasteiger partial charge in [-0.15, -0.1) is 0 Å². The van der Waals surface area contributed by atoms with Crippen molar-refractivity contribution < 1.29 is 4.74 Å². The Labute approximate surface area is 159 Å². The Balaban J connectivity index is 1.88. The van der Waals surface area contributed by atoms with E-state index in [0.29, 0.717) is 0 Å². The second-order valence-electron chi connectivity index (χ2n) is 5.90. The summed E-state index contributed by atoms with van der Waals surface area (Å²) >= 11 is 1.64. The number of benzene rings is 3. The van der Waals surface area contributed by atoms with Gasteiger partial charge < -0.3 is 4.74 Å². The summed E-state index contributed by atoms with van der Waals surface area (Å²) in [6.07, 6.45) is 1.76. The number of hydrogen-bond acceptors (Lipinski definition) is 3. The first-order chi connectivity index (χ1) is 12.7. The summed E-state index contributed by atoms with van der Waals surface area (Å²) in [6, 6.07) is 28.2. The molecule has 0 spiro atoms. The molecule has 130 valence electrons. The summed E-state index contributed by atoms with van der Waals surface area (Å²) in [5.74, 6) is 0.812. The zero-order valence-electron chi connectivity index (χ0n) is 14.9. The van der Waals surface area contributed by atoms with E-state index in [4.69, 9.17) is 9.73 Å². The number of para-hydroxylation sites is 2. The van der Waals surface area contributed by atoms with Gasteiger partial charge in [0.25, 0.3) is 0 Å². The van der Waals surface area contributed by atoms with E-state index in [1.807, 2.05) is 67.6 Å². The highest BCUT2D eigenvalue weighted by atomic mass is 32.2. The third kappa shape index (κ3) is 5.36. The summed E-state index contributed by atoms with van der Waals surface area (Å²) < 4.78 is 5.79. The highest BCUT2D eigenvalue weighted by molar-refractivity contribution is 8.14. The molecule has 0 aliphatic heterocycles. The second-order valence-corrected chi connectivity index (χ2v) is 6.97. The lowest BCUT2D eigenvalue weighted by Crippen LogP contribution is -1.97. The maximum atomic E-state index is 5.79. The predicted octanol–water partition coefficient (Wildman–Crippen LogP) is 6.80. The van der Waals surface area contributed by atoms with E-state index in [-0.39, 0.29) is 0 Å². The Hall–Kier alpha value is -2.78. The maximum Gasteiger partial charge on any atom is 0.126 e. The van der Waals surface area contributed by atoms with Gasteiger partial charge in [0.15, 0.2) is 0 Å². The van der Waals surface area contributed by atoms with Gasteiger partial charge in [-0.05, 0) is 50.2 Å². The molecular formula is C23H21NOS. The first kappa shape index (κ1) is 18.0. The van der Waals surface area contributed by atoms with Gasteiger partial charge in [-0.2, -0.15) is 0 Å². The first-order valence-electron chi connectivity index (χ1n) is 8.48. The maximum absolute atomic E-state index is 5.79. The molecule has 0 heterocycles. The lowest BCUT2D eigenvalue weighted by atomic mass is 10.2. The Morgan fingerprint density at radius 1 is 0.885 bits per heavy atom. The Bertz CT molecular complexity index is 902. The Kier molecular flexibility index (Phi) is 6.29. The number of aryl methyl sites for hydroxylation is 1. The fourth-order valence-electron chi connectivity index (χ4n) is 2.31. The lowest BCUT2D eigenvalue weighted by molar-refractivity contribution is 0.478. The number of ether oxygens (including phenoxy) is 1. The molecule has 0 N–H and O–H groups in total. The number of hydrogen-bond donors (Lipinski definition) is 0. The van der Waals surface area contributed by atoms with Gasteiger partial charge in [0.05, 0.1) is 11.9 Å². The molecule has 26 heavy (non-hydrogen) atoms. The van der Waals surface area contributed by atoms with Crippen molar-refractivity contribution in [1.82, 2.24) is 0 Å². The molecule has 2 nitrogen and oxygen atoms in total. The van der Waals surface area contributed by atoms with Crippen molar-refractivity contribution in [2.24, 2.45) is 4.99 Å². The van der Waals surface area contributed by atoms with Gasteiger partial charge in [0.2, 0.25) is 0 Å². The molecule has 0 radical (unpaired) electrons. The van der Waals surface area contributed by atoms with Gasteiger partial charge in [-0.3, -0.25) is 0 Å². The molecule has 0 aliphatic carbocycles. The van der Waals surface area contributed by atoms with Crippen molar-refractivity contribution in [1.29, 1.82) is 0 Å². The topological polar surface area (TPSA) is 21.6 Å². The standard InChI is InChI=1S/C23H21NOS/c1-18-10-9-15-22(16-18)26-23(24-20-11-5-3-6-12-20)19(2)17-25-21-13-7-4-8-14-21/h3-17H,1-2H3/b19-17+,24-23?. The van der Waals surface area contributed by atoms with Crippen molar-refractivity contribution in [3.05, 3.63) is 102 Å². The van der Waals surface area contributed by atoms with Crippen LogP contribution in [0.15, 0.2) is 107 Å². The van der Waals surface area contributed by atoms with E-state index in [2.05, 4.69) is 31.2 Å². The normalized spacial score (nSPS) is 12.1. The molecule has 0 bridgehead atoms. The number of aliphatic imine (C=N–C) groups is 1. The van der Waals surface area contributed by atoms with Gasteiger partial charge in [0.1, 0.15) is 10.8 Å². The fraction of sp³-hybridized carbons (Fsp3) is 0.0870. The fourth-order valence-corrected chi connectivity index (χ4v) is 3.28. The number of thioether (sulfide) groups is 1. The molecule has 3 aromatic carbocycles. The molecule has 3 rings (SSSR count). The largest absolute Gasteiger partial charge is 0.465 e. The highest BCUT2D eigenvalue weighted by Crippen LogP contribution is 2.27. The van der Waals surface area contributed by atoms with Crippen LogP contribution in [0, 0.1) is 6.92 Å². The van der Waals surface area contributed by atoms with E-state index in [0.717, 1.165) is 26.9 Å². The summed E-state index contributed by atoms with van der Waals surface area (Å²) in [4.78, 5) is 5.99. The molecule has 0 fully saturated rings. The number of nitrogens with zero attached hydrogens (tertiary/aromatic N) is 1. The Morgan fingerprint density at radius 2 is 1.58 bits per heavy atom. The molecule has 0 atom stereocenters. The number of rotatable bonds is 5. The summed E-state index contributed by atoms with van der Waals surface area (Å²) in [7, 11) is 0. The Morgan fingerprint density at radius 3 is 2.27 bits per heavy atom. The predicted molar refractivity (Wildman–Crippen MR) is 111 cm³/mol. The minimum Gasteiger partial charge on any atom is -0.465 e. The van der Waals surface area contributed by atoms with Crippen molar-refractivity contribution >= 4 is 22.5 Å². The molecular weight excluding hydrogens is 338 g/mol. The third-order valence-corrected chi connectivity index (χ3v) is 4.74. The second kappa shape index (κ2) is 9.07. The third-order valence-electron chi connectivity index (χ3n) is 3.64. The smallest absolute Gasteiger partial charge is 0.126 e. The van der Waals surface area contributed by atoms with Gasteiger partial charge >= 0.3 is 0 Å². The van der Waals surface area contributed by atoms with E-state index >= 15 is 0 Å². The molecule has 0 aliphatic rings. The van der Waals surface area contributed by atoms with Crippen molar-refractivity contribution in [3.8, 4) is 5.75 Å². The summed E-state index contributed by atoms with van der Waals surface area (Å²) in [6.45, 7) is 4.12. The molecule has 0 saturated carbocycles. The quantitative estimate of drug-likeness (QED) is 0.216. The van der Waals surface area contributed by atoms with Gasteiger partial charge in [-0.1, -0.05) is 65.9 Å². The van der Waals surface area contributed by atoms with Crippen LogP contribution in [0.2, 0.25) is 0 Å². The molecule has 0 amide bonds. The molecule has 0 aromatic heterocycles. The average Bonchev–Trinajstić information content (AvgIpc) is 2.67. The van der Waals surface area contributed by atoms with Crippen LogP contribution < -0.4 is 4.74 Å². The van der Waals surface area contributed by atoms with E-state index < -0.39 is 0 Å². The SMILES string of the molecule is C/C(=C\Oc1ccccc1)C(=Nc1ccccc1)Sc1cccc(C)c1. The van der Waals surface area contributed by atoms with Crippen LogP contribution in [0.3, 0.4) is 0 Å². The van der Waals surface area contributed by atoms with E-state index in [1.165, 1.54) is 5.56 Å². The van der Waals surface area contributed by atoms with Crippen LogP contribution >= 0.6 is 11.8 Å². The monoisotopic (exact) mass is 359 g/mol. The highest BCUT2D eigenvalue weighted by Gasteiger charge is 2.07. The van der Waals surface area contributed by atoms with Crippen molar-refractivity contribution in [3.63, 3.8) is 0 Å². The van der Waals surface area contributed by atoms with E-state index in [1.54, 1.807) is 18.0 Å². The van der Waals surface area contributed by atoms with Gasteiger partial charge in [0, 0.05) is 10.5 Å². The van der Waals surface area contributed by atoms with Crippen LogP contribution in [0.1, 0.15) is 12.5 Å². The van der Waals surface area contributed by atoms with Crippen LogP contribution in [0.5, 0.6) is 5.75 Å². The average molecular weight is 359 g/mol. The van der Waals surface area contributed by atoms with Crippen LogP contribution in [-0.2, 0) is 0 Å². The van der Waals surface area contributed by atoms with Crippen molar-refractivity contribution in [2.75, 3.05) is 0 Å². The zero-order chi connectivity index (χ0) is 18.2. The molecule has 0 saturated heterocycles. The van der Waals surface area contributed by atoms with Crippen LogP contribution in [-0.4, -0.2) is 5.04 Å². The van der Waals surface area contributed by atoms with Crippen LogP contribution in [0.25, 0.3) is 0 Å². The molecule has 3 aromatic rings. The van der Waals surface area contributed by atoms with E-state index in [9.17, 15) is 0 Å². The summed E-state index contributed by atoms with van der Waals surface area (Å²) in [5.41, 5.74) is 3.13. The minimum atomic E-state index is 0.812. The first-order valence-corrected chi connectivity index (χ1v) is 9.29. The minimum absolute atomic E-state index is 0.812. The zero-order valence-corrected chi connectivity index (χ0v) is 15.7. The van der Waals surface area contributed by atoms with Crippen molar-refractivity contribution in [2.45, 2.75) is 18.7 Å². The van der Waals surface area contributed by atoms with Gasteiger partial charge in [-0.25, -0.2) is 4.99 Å².